The normalized spacial score (nSPS) is 12.6. The zero-order valence-electron chi connectivity index (χ0n) is 14.4. The van der Waals surface area contributed by atoms with E-state index in [1.54, 1.807) is 20.0 Å². The van der Waals surface area contributed by atoms with Crippen LogP contribution in [0.15, 0.2) is 45.8 Å². The number of aliphatic imine (C=N–C) groups is 1. The van der Waals surface area contributed by atoms with E-state index in [1.807, 2.05) is 18.2 Å². The van der Waals surface area contributed by atoms with Crippen LogP contribution in [-0.4, -0.2) is 26.1 Å². The first-order valence-electron chi connectivity index (χ1n) is 7.75. The number of esters is 1. The first-order chi connectivity index (χ1) is 11.5. The summed E-state index contributed by atoms with van der Waals surface area (Å²) in [6, 6.07) is 11.9. The molecule has 0 bridgehead atoms. The Morgan fingerprint density at radius 1 is 1.33 bits per heavy atom. The predicted molar refractivity (Wildman–Crippen MR) is 93.0 cm³/mol. The Balaban J connectivity index is 1.96. The van der Waals surface area contributed by atoms with Crippen LogP contribution in [0.1, 0.15) is 40.4 Å². The third-order valence-electron chi connectivity index (χ3n) is 3.68. The van der Waals surface area contributed by atoms with Gasteiger partial charge in [-0.25, -0.2) is 4.79 Å². The van der Waals surface area contributed by atoms with E-state index in [2.05, 4.69) is 34.7 Å². The van der Waals surface area contributed by atoms with Crippen LogP contribution in [0.25, 0.3) is 0 Å². The molecule has 0 saturated heterocycles. The number of rotatable bonds is 5. The lowest BCUT2D eigenvalue weighted by molar-refractivity contribution is 0.0599. The third-order valence-corrected chi connectivity index (χ3v) is 3.68. The van der Waals surface area contributed by atoms with Crippen LogP contribution in [0.4, 0.5) is 0 Å². The highest BCUT2D eigenvalue weighted by molar-refractivity contribution is 5.90. The largest absolute Gasteiger partial charge is 0.465 e. The minimum atomic E-state index is -0.400. The minimum absolute atomic E-state index is 0.112. The molecule has 1 heterocycles. The summed E-state index contributed by atoms with van der Waals surface area (Å²) in [6.07, 6.45) is 0. The molecule has 0 aliphatic rings. The SMILES string of the molecule is CN=C(NCc1cc(C(=O)OC)c(C)o1)NC(C)c1ccccc1. The maximum Gasteiger partial charge on any atom is 0.341 e. The van der Waals surface area contributed by atoms with Crippen molar-refractivity contribution in [2.75, 3.05) is 14.2 Å². The van der Waals surface area contributed by atoms with Gasteiger partial charge in [-0.1, -0.05) is 30.3 Å². The molecule has 0 fully saturated rings. The highest BCUT2D eigenvalue weighted by Crippen LogP contribution is 2.15. The molecular formula is C18H23N3O3. The molecule has 0 saturated carbocycles. The van der Waals surface area contributed by atoms with Gasteiger partial charge in [-0.2, -0.15) is 0 Å². The van der Waals surface area contributed by atoms with Crippen molar-refractivity contribution < 1.29 is 13.9 Å². The van der Waals surface area contributed by atoms with Gasteiger partial charge in [0.2, 0.25) is 0 Å². The van der Waals surface area contributed by atoms with E-state index in [-0.39, 0.29) is 6.04 Å². The maximum absolute atomic E-state index is 11.6. The summed E-state index contributed by atoms with van der Waals surface area (Å²) >= 11 is 0. The van der Waals surface area contributed by atoms with Crippen LogP contribution >= 0.6 is 0 Å². The molecule has 0 spiro atoms. The van der Waals surface area contributed by atoms with Crippen LogP contribution in [0, 0.1) is 6.92 Å². The zero-order chi connectivity index (χ0) is 17.5. The second kappa shape index (κ2) is 8.19. The minimum Gasteiger partial charge on any atom is -0.465 e. The molecule has 0 aliphatic carbocycles. The van der Waals surface area contributed by atoms with Crippen LogP contribution in [0.5, 0.6) is 0 Å². The number of hydrogen-bond acceptors (Lipinski definition) is 4. The molecule has 1 unspecified atom stereocenters. The van der Waals surface area contributed by atoms with Crippen molar-refractivity contribution in [2.45, 2.75) is 26.4 Å². The molecule has 1 aromatic heterocycles. The third kappa shape index (κ3) is 4.38. The molecule has 0 radical (unpaired) electrons. The predicted octanol–water partition coefficient (Wildman–Crippen LogP) is 2.80. The van der Waals surface area contributed by atoms with Gasteiger partial charge in [0.1, 0.15) is 17.1 Å². The fourth-order valence-electron chi connectivity index (χ4n) is 2.34. The quantitative estimate of drug-likeness (QED) is 0.501. The topological polar surface area (TPSA) is 75.9 Å². The van der Waals surface area contributed by atoms with Crippen LogP contribution in [-0.2, 0) is 11.3 Å². The highest BCUT2D eigenvalue weighted by atomic mass is 16.5. The van der Waals surface area contributed by atoms with E-state index in [4.69, 9.17) is 9.15 Å². The summed E-state index contributed by atoms with van der Waals surface area (Å²) in [5, 5.41) is 6.49. The van der Waals surface area contributed by atoms with Gasteiger partial charge in [-0.05, 0) is 25.5 Å². The van der Waals surface area contributed by atoms with Gasteiger partial charge in [0.05, 0.1) is 19.7 Å². The van der Waals surface area contributed by atoms with Crippen LogP contribution < -0.4 is 10.6 Å². The second-order valence-corrected chi connectivity index (χ2v) is 5.38. The Morgan fingerprint density at radius 3 is 2.67 bits per heavy atom. The van der Waals surface area contributed by atoms with Gasteiger partial charge in [0.15, 0.2) is 5.96 Å². The van der Waals surface area contributed by atoms with E-state index in [1.165, 1.54) is 12.7 Å². The number of aryl methyl sites for hydroxylation is 1. The van der Waals surface area contributed by atoms with Gasteiger partial charge in [-0.3, -0.25) is 4.99 Å². The number of ether oxygens (including phenoxy) is 1. The van der Waals surface area contributed by atoms with Crippen LogP contribution in [0.2, 0.25) is 0 Å². The number of carbonyl (C=O) groups is 1. The van der Waals surface area contributed by atoms with E-state index in [9.17, 15) is 4.79 Å². The highest BCUT2D eigenvalue weighted by Gasteiger charge is 2.15. The molecular weight excluding hydrogens is 306 g/mol. The molecule has 0 aliphatic heterocycles. The molecule has 2 N–H and O–H groups in total. The second-order valence-electron chi connectivity index (χ2n) is 5.38. The lowest BCUT2D eigenvalue weighted by Gasteiger charge is -2.17. The average Bonchev–Trinajstić information content (AvgIpc) is 2.99. The number of nitrogens with one attached hydrogen (secondary N) is 2. The van der Waals surface area contributed by atoms with E-state index < -0.39 is 5.97 Å². The van der Waals surface area contributed by atoms with Gasteiger partial charge >= 0.3 is 5.97 Å². The number of methoxy groups -OCH3 is 1. The van der Waals surface area contributed by atoms with Gasteiger partial charge in [-0.15, -0.1) is 0 Å². The standard InChI is InChI=1S/C18H23N3O3/c1-12(14-8-6-5-7-9-14)21-18(19-3)20-11-15-10-16(13(2)24-15)17(22)23-4/h5-10,12H,11H2,1-4H3,(H2,19,20,21). The summed E-state index contributed by atoms with van der Waals surface area (Å²) in [4.78, 5) is 15.8. The van der Waals surface area contributed by atoms with Crippen molar-refractivity contribution in [3.8, 4) is 0 Å². The molecule has 6 heteroatoms. The molecule has 0 amide bonds. The summed E-state index contributed by atoms with van der Waals surface area (Å²) in [6.45, 7) is 4.22. The number of benzene rings is 1. The Kier molecular flexibility index (Phi) is 6.01. The average molecular weight is 329 g/mol. The van der Waals surface area contributed by atoms with Crippen molar-refractivity contribution in [1.82, 2.24) is 10.6 Å². The molecule has 6 nitrogen and oxygen atoms in total. The monoisotopic (exact) mass is 329 g/mol. The van der Waals surface area contributed by atoms with E-state index >= 15 is 0 Å². The Hall–Kier alpha value is -2.76. The van der Waals surface area contributed by atoms with E-state index in [0.717, 1.165) is 0 Å². The summed E-state index contributed by atoms with van der Waals surface area (Å²) in [5.74, 6) is 1.44. The number of nitrogens with zero attached hydrogens (tertiary/aromatic N) is 1. The Labute approximate surface area is 141 Å². The summed E-state index contributed by atoms with van der Waals surface area (Å²) in [7, 11) is 3.06. The Morgan fingerprint density at radius 2 is 2.04 bits per heavy atom. The first-order valence-corrected chi connectivity index (χ1v) is 7.75. The first kappa shape index (κ1) is 17.6. The molecule has 24 heavy (non-hydrogen) atoms. The Bertz CT molecular complexity index is 708. The maximum atomic E-state index is 11.6. The van der Waals surface area contributed by atoms with Crippen molar-refractivity contribution in [3.63, 3.8) is 0 Å². The van der Waals surface area contributed by atoms with Gasteiger partial charge in [0.25, 0.3) is 0 Å². The molecule has 2 rings (SSSR count). The number of furan rings is 1. The summed E-state index contributed by atoms with van der Waals surface area (Å²) in [5.41, 5.74) is 1.61. The van der Waals surface area contributed by atoms with Crippen molar-refractivity contribution in [1.29, 1.82) is 0 Å². The lowest BCUT2D eigenvalue weighted by atomic mass is 10.1. The molecule has 1 atom stereocenters. The van der Waals surface area contributed by atoms with Crippen molar-refractivity contribution in [3.05, 3.63) is 59.0 Å². The van der Waals surface area contributed by atoms with Gasteiger partial charge < -0.3 is 19.8 Å². The molecule has 2 aromatic rings. The fourth-order valence-corrected chi connectivity index (χ4v) is 2.34. The zero-order valence-corrected chi connectivity index (χ0v) is 14.4. The van der Waals surface area contributed by atoms with Crippen LogP contribution in [0.3, 0.4) is 0 Å². The molecule has 128 valence electrons. The van der Waals surface area contributed by atoms with Gasteiger partial charge in [0, 0.05) is 7.05 Å². The van der Waals surface area contributed by atoms with Crippen molar-refractivity contribution >= 4 is 11.9 Å². The summed E-state index contributed by atoms with van der Waals surface area (Å²) < 4.78 is 10.3. The van der Waals surface area contributed by atoms with E-state index in [0.29, 0.717) is 29.6 Å². The van der Waals surface area contributed by atoms with Crippen molar-refractivity contribution in [2.24, 2.45) is 4.99 Å². The smallest absolute Gasteiger partial charge is 0.341 e. The lowest BCUT2D eigenvalue weighted by Crippen LogP contribution is -2.38. The number of guanidine groups is 1. The fraction of sp³-hybridized carbons (Fsp3) is 0.333. The number of hydrogen-bond donors (Lipinski definition) is 2. The molecule has 1 aromatic carbocycles. The number of carbonyl (C=O) groups excluding carboxylic acids is 1.